The third kappa shape index (κ3) is 4.20. The number of carbonyl (C=O) groups excluding carboxylic acids is 1. The Labute approximate surface area is 175 Å². The molecule has 4 aromatic rings. The van der Waals surface area contributed by atoms with E-state index >= 15 is 0 Å². The molecule has 0 radical (unpaired) electrons. The summed E-state index contributed by atoms with van der Waals surface area (Å²) in [5.74, 6) is 0.255. The van der Waals surface area contributed by atoms with E-state index in [4.69, 9.17) is 4.42 Å². The molecule has 0 aliphatic carbocycles. The summed E-state index contributed by atoms with van der Waals surface area (Å²) in [6, 6.07) is 20.9. The number of nitrogens with one attached hydrogen (secondary N) is 1. The van der Waals surface area contributed by atoms with Gasteiger partial charge in [0.1, 0.15) is 16.9 Å². The van der Waals surface area contributed by atoms with E-state index in [-0.39, 0.29) is 17.0 Å². The van der Waals surface area contributed by atoms with Gasteiger partial charge >= 0.3 is 0 Å². The van der Waals surface area contributed by atoms with Gasteiger partial charge in [-0.3, -0.25) is 9.59 Å². The van der Waals surface area contributed by atoms with E-state index < -0.39 is 0 Å². The number of carbonyl (C=O) groups is 1. The molecule has 0 atom stereocenters. The molecule has 152 valence electrons. The maximum absolute atomic E-state index is 13.0. The van der Waals surface area contributed by atoms with Crippen molar-refractivity contribution in [2.75, 3.05) is 0 Å². The highest BCUT2D eigenvalue weighted by atomic mass is 16.3. The molecular weight excluding hydrogens is 376 g/mol. The molecule has 0 bridgehead atoms. The van der Waals surface area contributed by atoms with Gasteiger partial charge < -0.3 is 14.3 Å². The molecule has 1 N–H and O–H groups in total. The van der Waals surface area contributed by atoms with Crippen LogP contribution >= 0.6 is 0 Å². The van der Waals surface area contributed by atoms with Gasteiger partial charge in [0, 0.05) is 30.2 Å². The van der Waals surface area contributed by atoms with Crippen LogP contribution in [0.3, 0.4) is 0 Å². The summed E-state index contributed by atoms with van der Waals surface area (Å²) in [6.07, 6.45) is 3.59. The molecule has 5 nitrogen and oxygen atoms in total. The van der Waals surface area contributed by atoms with Crippen molar-refractivity contribution in [1.82, 2.24) is 9.88 Å². The first-order valence-corrected chi connectivity index (χ1v) is 10.2. The number of unbranched alkanes of at least 4 members (excludes halogenated alkanes) is 1. The fourth-order valence-electron chi connectivity index (χ4n) is 3.43. The third-order valence-corrected chi connectivity index (χ3v) is 5.09. The monoisotopic (exact) mass is 400 g/mol. The van der Waals surface area contributed by atoms with Crippen LogP contribution in [0.2, 0.25) is 0 Å². The first kappa shape index (κ1) is 19.7. The lowest BCUT2D eigenvalue weighted by atomic mass is 10.1. The number of para-hydroxylation sites is 1. The molecule has 2 heterocycles. The minimum atomic E-state index is -0.382. The summed E-state index contributed by atoms with van der Waals surface area (Å²) >= 11 is 0. The lowest BCUT2D eigenvalue weighted by Crippen LogP contribution is -2.33. The molecule has 0 aliphatic rings. The number of hydrogen-bond acceptors (Lipinski definition) is 3. The predicted octanol–water partition coefficient (Wildman–Crippen LogP) is 4.99. The molecule has 0 spiro atoms. The standard InChI is InChI=1S/C25H24N2O3/c1-2-3-13-27-17-20(23-15-19-11-7-8-12-22(19)30-23)14-21(25(27)29)24(28)26-16-18-9-5-4-6-10-18/h4-12,14-15,17H,2-3,13,16H2,1H3,(H,26,28). The molecule has 30 heavy (non-hydrogen) atoms. The zero-order valence-corrected chi connectivity index (χ0v) is 16.9. The molecule has 0 saturated carbocycles. The Balaban J connectivity index is 1.70. The molecule has 0 aliphatic heterocycles. The molecule has 2 aromatic carbocycles. The molecule has 0 fully saturated rings. The second kappa shape index (κ2) is 8.82. The van der Waals surface area contributed by atoms with E-state index in [2.05, 4.69) is 12.2 Å². The van der Waals surface area contributed by atoms with E-state index in [1.165, 1.54) is 0 Å². The number of nitrogens with zero attached hydrogens (tertiary/aromatic N) is 1. The van der Waals surface area contributed by atoms with Gasteiger partial charge in [0.2, 0.25) is 0 Å². The van der Waals surface area contributed by atoms with E-state index in [0.717, 1.165) is 29.4 Å². The van der Waals surface area contributed by atoms with Crippen LogP contribution in [0, 0.1) is 0 Å². The Morgan fingerprint density at radius 3 is 2.57 bits per heavy atom. The van der Waals surface area contributed by atoms with Crippen molar-refractivity contribution in [3.05, 3.63) is 94.4 Å². The van der Waals surface area contributed by atoms with E-state index in [0.29, 0.717) is 24.4 Å². The van der Waals surface area contributed by atoms with Gasteiger partial charge in [-0.05, 0) is 30.2 Å². The molecule has 5 heteroatoms. The number of furan rings is 1. The molecule has 0 saturated heterocycles. The summed E-state index contributed by atoms with van der Waals surface area (Å²) in [4.78, 5) is 25.8. The number of hydrogen-bond donors (Lipinski definition) is 1. The predicted molar refractivity (Wildman–Crippen MR) is 118 cm³/mol. The normalized spacial score (nSPS) is 11.0. The van der Waals surface area contributed by atoms with E-state index in [1.807, 2.05) is 60.7 Å². The number of benzene rings is 2. The zero-order chi connectivity index (χ0) is 20.9. The maximum atomic E-state index is 13.0. The van der Waals surface area contributed by atoms with Gasteiger partial charge in [0.25, 0.3) is 11.5 Å². The largest absolute Gasteiger partial charge is 0.456 e. The van der Waals surface area contributed by atoms with Crippen LogP contribution in [0.5, 0.6) is 0 Å². The number of fused-ring (bicyclic) bond motifs is 1. The van der Waals surface area contributed by atoms with Crippen molar-refractivity contribution in [3.8, 4) is 11.3 Å². The Morgan fingerprint density at radius 2 is 1.80 bits per heavy atom. The minimum absolute atomic E-state index is 0.125. The van der Waals surface area contributed by atoms with Gasteiger partial charge in [-0.1, -0.05) is 61.9 Å². The SMILES string of the molecule is CCCCn1cc(-c2cc3ccccc3o2)cc(C(=O)NCc2ccccc2)c1=O. The summed E-state index contributed by atoms with van der Waals surface area (Å²) in [5, 5.41) is 3.84. The van der Waals surface area contributed by atoms with Gasteiger partial charge in [0.05, 0.1) is 0 Å². The third-order valence-electron chi connectivity index (χ3n) is 5.09. The average molecular weight is 400 g/mol. The topological polar surface area (TPSA) is 64.2 Å². The second-order valence-electron chi connectivity index (χ2n) is 7.31. The van der Waals surface area contributed by atoms with Crippen LogP contribution in [-0.2, 0) is 13.1 Å². The average Bonchev–Trinajstić information content (AvgIpc) is 3.22. The maximum Gasteiger partial charge on any atom is 0.263 e. The van der Waals surface area contributed by atoms with Gasteiger partial charge in [0.15, 0.2) is 0 Å². The van der Waals surface area contributed by atoms with E-state index in [9.17, 15) is 9.59 Å². The minimum Gasteiger partial charge on any atom is -0.456 e. The highest BCUT2D eigenvalue weighted by molar-refractivity contribution is 5.95. The van der Waals surface area contributed by atoms with Gasteiger partial charge in [-0.15, -0.1) is 0 Å². The number of amides is 1. The number of rotatable bonds is 7. The Bertz CT molecular complexity index is 1190. The smallest absolute Gasteiger partial charge is 0.263 e. The van der Waals surface area contributed by atoms with Crippen LogP contribution in [0.15, 0.2) is 82.1 Å². The van der Waals surface area contributed by atoms with Crippen molar-refractivity contribution in [2.24, 2.45) is 0 Å². The van der Waals surface area contributed by atoms with Crippen LogP contribution in [0.1, 0.15) is 35.7 Å². The molecule has 2 aromatic heterocycles. The summed E-state index contributed by atoms with van der Waals surface area (Å²) in [5.41, 5.74) is 2.31. The lowest BCUT2D eigenvalue weighted by molar-refractivity contribution is 0.0949. The lowest BCUT2D eigenvalue weighted by Gasteiger charge is -2.11. The van der Waals surface area contributed by atoms with Crippen molar-refractivity contribution >= 4 is 16.9 Å². The highest BCUT2D eigenvalue weighted by Crippen LogP contribution is 2.27. The Hall–Kier alpha value is -3.60. The summed E-state index contributed by atoms with van der Waals surface area (Å²) in [6.45, 7) is 2.99. The Morgan fingerprint density at radius 1 is 1.03 bits per heavy atom. The summed E-state index contributed by atoms with van der Waals surface area (Å²) in [7, 11) is 0. The number of aromatic nitrogens is 1. The van der Waals surface area contributed by atoms with Crippen molar-refractivity contribution < 1.29 is 9.21 Å². The summed E-state index contributed by atoms with van der Waals surface area (Å²) < 4.78 is 7.58. The number of aryl methyl sites for hydroxylation is 1. The first-order chi connectivity index (χ1) is 14.7. The molecule has 0 unspecified atom stereocenters. The van der Waals surface area contributed by atoms with Crippen molar-refractivity contribution in [2.45, 2.75) is 32.9 Å². The van der Waals surface area contributed by atoms with Crippen molar-refractivity contribution in [3.63, 3.8) is 0 Å². The zero-order valence-electron chi connectivity index (χ0n) is 16.9. The highest BCUT2D eigenvalue weighted by Gasteiger charge is 2.17. The number of pyridine rings is 1. The first-order valence-electron chi connectivity index (χ1n) is 10.2. The van der Waals surface area contributed by atoms with E-state index in [1.54, 1.807) is 16.8 Å². The van der Waals surface area contributed by atoms with Crippen molar-refractivity contribution in [1.29, 1.82) is 0 Å². The quantitative estimate of drug-likeness (QED) is 0.475. The second-order valence-corrected chi connectivity index (χ2v) is 7.31. The van der Waals surface area contributed by atoms with Crippen LogP contribution in [0.4, 0.5) is 0 Å². The Kier molecular flexibility index (Phi) is 5.80. The van der Waals surface area contributed by atoms with Crippen LogP contribution in [0.25, 0.3) is 22.3 Å². The van der Waals surface area contributed by atoms with Gasteiger partial charge in [-0.2, -0.15) is 0 Å². The van der Waals surface area contributed by atoms with Crippen LogP contribution < -0.4 is 10.9 Å². The molecular formula is C25H24N2O3. The van der Waals surface area contributed by atoms with Gasteiger partial charge in [-0.25, -0.2) is 0 Å². The van der Waals surface area contributed by atoms with Crippen LogP contribution in [-0.4, -0.2) is 10.5 Å². The molecule has 4 rings (SSSR count). The fourth-order valence-corrected chi connectivity index (χ4v) is 3.43. The fraction of sp³-hybridized carbons (Fsp3) is 0.200. The molecule has 1 amide bonds.